The predicted octanol–water partition coefficient (Wildman–Crippen LogP) is 2.66. The highest BCUT2D eigenvalue weighted by molar-refractivity contribution is 9.10. The molecule has 0 bridgehead atoms. The van der Waals surface area contributed by atoms with Gasteiger partial charge in [0.2, 0.25) is 0 Å². The molecule has 2 aromatic heterocycles. The lowest BCUT2D eigenvalue weighted by Crippen LogP contribution is -2.28. The molecule has 6 heteroatoms. The Morgan fingerprint density at radius 2 is 2.37 bits per heavy atom. The van der Waals surface area contributed by atoms with Gasteiger partial charge in [-0.2, -0.15) is 0 Å². The molecular weight excluding hydrogens is 308 g/mol. The van der Waals surface area contributed by atoms with Crippen LogP contribution in [0.25, 0.3) is 0 Å². The van der Waals surface area contributed by atoms with Crippen molar-refractivity contribution in [2.75, 3.05) is 7.05 Å². The van der Waals surface area contributed by atoms with Gasteiger partial charge in [-0.05, 0) is 28.4 Å². The molecule has 0 saturated heterocycles. The molecule has 2 aromatic rings. The predicted molar refractivity (Wildman–Crippen MR) is 76.8 cm³/mol. The van der Waals surface area contributed by atoms with E-state index >= 15 is 0 Å². The van der Waals surface area contributed by atoms with Crippen LogP contribution in [0.15, 0.2) is 29.1 Å². The number of nitrogens with zero attached hydrogens (tertiary/aromatic N) is 3. The first-order chi connectivity index (χ1) is 9.11. The van der Waals surface area contributed by atoms with Crippen LogP contribution in [-0.4, -0.2) is 32.4 Å². The molecule has 2 rings (SSSR count). The van der Waals surface area contributed by atoms with E-state index in [0.717, 1.165) is 23.3 Å². The molecule has 1 amide bonds. The smallest absolute Gasteiger partial charge is 0.270 e. The van der Waals surface area contributed by atoms with Gasteiger partial charge in [0.25, 0.3) is 5.91 Å². The third-order valence-electron chi connectivity index (χ3n) is 2.84. The molecule has 5 nitrogen and oxygen atoms in total. The topological polar surface area (TPSA) is 53.9 Å². The van der Waals surface area contributed by atoms with Gasteiger partial charge in [0.05, 0.1) is 6.54 Å². The maximum Gasteiger partial charge on any atom is 0.270 e. The molecule has 2 heterocycles. The van der Waals surface area contributed by atoms with Gasteiger partial charge in [-0.3, -0.25) is 4.79 Å². The van der Waals surface area contributed by atoms with Crippen LogP contribution in [0.2, 0.25) is 0 Å². The van der Waals surface area contributed by atoms with Gasteiger partial charge in [-0.25, -0.2) is 4.98 Å². The van der Waals surface area contributed by atoms with Crippen LogP contribution in [0.3, 0.4) is 0 Å². The number of rotatable bonds is 5. The van der Waals surface area contributed by atoms with Crippen molar-refractivity contribution in [3.05, 3.63) is 40.6 Å². The number of hydrogen-bond acceptors (Lipinski definition) is 2. The molecular formula is C13H17BrN4O. The van der Waals surface area contributed by atoms with E-state index in [1.807, 2.05) is 16.8 Å². The molecule has 0 spiro atoms. The van der Waals surface area contributed by atoms with Crippen LogP contribution in [0, 0.1) is 0 Å². The summed E-state index contributed by atoms with van der Waals surface area (Å²) in [6, 6.07) is 1.86. The lowest BCUT2D eigenvalue weighted by molar-refractivity contribution is 0.0771. The first-order valence-electron chi connectivity index (χ1n) is 6.21. The number of carbonyl (C=O) groups excluding carboxylic acids is 1. The highest BCUT2D eigenvalue weighted by Crippen LogP contribution is 2.17. The zero-order chi connectivity index (χ0) is 13.8. The third-order valence-corrected chi connectivity index (χ3v) is 3.27. The Morgan fingerprint density at radius 3 is 3.00 bits per heavy atom. The van der Waals surface area contributed by atoms with Crippen molar-refractivity contribution in [3.63, 3.8) is 0 Å². The molecule has 0 atom stereocenters. The van der Waals surface area contributed by atoms with E-state index in [2.05, 4.69) is 32.8 Å². The standard InChI is InChI=1S/C13H17BrN4O/c1-3-6-18-8-10(14)7-11(18)13(19)17(2)9-12-15-4-5-16-12/h4-5,7-8H,3,6,9H2,1-2H3,(H,15,16). The number of hydrogen-bond donors (Lipinski definition) is 1. The molecule has 0 fully saturated rings. The van der Waals surface area contributed by atoms with Gasteiger partial charge >= 0.3 is 0 Å². The van der Waals surface area contributed by atoms with Crippen LogP contribution >= 0.6 is 15.9 Å². The maximum atomic E-state index is 12.4. The average Bonchev–Trinajstić information content (AvgIpc) is 2.98. The Bertz CT molecular complexity index is 547. The lowest BCUT2D eigenvalue weighted by atomic mass is 10.3. The molecule has 0 radical (unpaired) electrons. The lowest BCUT2D eigenvalue weighted by Gasteiger charge is -2.17. The molecule has 0 saturated carbocycles. The second-order valence-electron chi connectivity index (χ2n) is 4.43. The van der Waals surface area contributed by atoms with Gasteiger partial charge in [-0.15, -0.1) is 0 Å². The largest absolute Gasteiger partial charge is 0.347 e. The summed E-state index contributed by atoms with van der Waals surface area (Å²) < 4.78 is 2.90. The van der Waals surface area contributed by atoms with E-state index in [4.69, 9.17) is 0 Å². The zero-order valence-electron chi connectivity index (χ0n) is 11.1. The summed E-state index contributed by atoms with van der Waals surface area (Å²) in [5.74, 6) is 0.777. The summed E-state index contributed by atoms with van der Waals surface area (Å²) in [7, 11) is 1.78. The molecule has 19 heavy (non-hydrogen) atoms. The average molecular weight is 325 g/mol. The number of halogens is 1. The maximum absolute atomic E-state index is 12.4. The number of carbonyl (C=O) groups is 1. The minimum atomic E-state index is -0.00412. The minimum absolute atomic E-state index is 0.00412. The summed E-state index contributed by atoms with van der Waals surface area (Å²) in [6.45, 7) is 3.40. The summed E-state index contributed by atoms with van der Waals surface area (Å²) in [4.78, 5) is 21.2. The number of imidazole rings is 1. The van der Waals surface area contributed by atoms with Gasteiger partial charge in [0.15, 0.2) is 0 Å². The van der Waals surface area contributed by atoms with Crippen molar-refractivity contribution in [1.82, 2.24) is 19.4 Å². The second kappa shape index (κ2) is 6.06. The third kappa shape index (κ3) is 3.26. The Labute approximate surface area is 120 Å². The Kier molecular flexibility index (Phi) is 4.42. The Balaban J connectivity index is 2.14. The van der Waals surface area contributed by atoms with Gasteiger partial charge < -0.3 is 14.5 Å². The Morgan fingerprint density at radius 1 is 1.58 bits per heavy atom. The first-order valence-corrected chi connectivity index (χ1v) is 7.00. The number of H-pyrrole nitrogens is 1. The SMILES string of the molecule is CCCn1cc(Br)cc1C(=O)N(C)Cc1ncc[nH]1. The van der Waals surface area contributed by atoms with Crippen molar-refractivity contribution in [3.8, 4) is 0 Å². The monoisotopic (exact) mass is 324 g/mol. The molecule has 0 aromatic carbocycles. The van der Waals surface area contributed by atoms with Crippen LogP contribution in [0.1, 0.15) is 29.7 Å². The van der Waals surface area contributed by atoms with Crippen LogP contribution in [-0.2, 0) is 13.1 Å². The van der Waals surface area contributed by atoms with Gasteiger partial charge in [0, 0.05) is 36.7 Å². The number of amides is 1. The first kappa shape index (κ1) is 13.9. The number of aromatic amines is 1. The molecule has 0 aliphatic carbocycles. The van der Waals surface area contributed by atoms with Crippen molar-refractivity contribution in [2.45, 2.75) is 26.4 Å². The molecule has 0 unspecified atom stereocenters. The summed E-state index contributed by atoms with van der Waals surface area (Å²) in [6.07, 6.45) is 6.37. The second-order valence-corrected chi connectivity index (χ2v) is 5.35. The van der Waals surface area contributed by atoms with E-state index in [-0.39, 0.29) is 5.91 Å². The number of aromatic nitrogens is 3. The normalized spacial score (nSPS) is 10.7. The highest BCUT2D eigenvalue weighted by Gasteiger charge is 2.17. The minimum Gasteiger partial charge on any atom is -0.347 e. The fourth-order valence-corrected chi connectivity index (χ4v) is 2.42. The summed E-state index contributed by atoms with van der Waals surface area (Å²) in [5.41, 5.74) is 0.697. The van der Waals surface area contributed by atoms with E-state index in [0.29, 0.717) is 12.2 Å². The van der Waals surface area contributed by atoms with E-state index in [9.17, 15) is 4.79 Å². The fraction of sp³-hybridized carbons (Fsp3) is 0.385. The van der Waals surface area contributed by atoms with Crippen molar-refractivity contribution in [1.29, 1.82) is 0 Å². The highest BCUT2D eigenvalue weighted by atomic mass is 79.9. The number of nitrogens with one attached hydrogen (secondary N) is 1. The molecule has 102 valence electrons. The van der Waals surface area contributed by atoms with Gasteiger partial charge in [-0.1, -0.05) is 6.92 Å². The van der Waals surface area contributed by atoms with Gasteiger partial charge in [0.1, 0.15) is 11.5 Å². The van der Waals surface area contributed by atoms with Crippen molar-refractivity contribution in [2.24, 2.45) is 0 Å². The molecule has 1 N–H and O–H groups in total. The van der Waals surface area contributed by atoms with Crippen molar-refractivity contribution < 1.29 is 4.79 Å². The molecule has 0 aliphatic rings. The quantitative estimate of drug-likeness (QED) is 0.919. The van der Waals surface area contributed by atoms with Crippen molar-refractivity contribution >= 4 is 21.8 Å². The van der Waals surface area contributed by atoms with E-state index in [1.54, 1.807) is 24.3 Å². The fourth-order valence-electron chi connectivity index (χ4n) is 1.96. The summed E-state index contributed by atoms with van der Waals surface area (Å²) in [5, 5.41) is 0. The van der Waals surface area contributed by atoms with E-state index < -0.39 is 0 Å². The van der Waals surface area contributed by atoms with E-state index in [1.165, 1.54) is 0 Å². The van der Waals surface area contributed by atoms with Crippen LogP contribution in [0.4, 0.5) is 0 Å². The van der Waals surface area contributed by atoms with Crippen LogP contribution in [0.5, 0.6) is 0 Å². The summed E-state index contributed by atoms with van der Waals surface area (Å²) >= 11 is 3.42. The molecule has 0 aliphatic heterocycles. The zero-order valence-corrected chi connectivity index (χ0v) is 12.6. The Hall–Kier alpha value is -1.56. The van der Waals surface area contributed by atoms with Crippen LogP contribution < -0.4 is 0 Å². The number of aryl methyl sites for hydroxylation is 1.